The molecule has 0 aliphatic carbocycles. The molecule has 0 unspecified atom stereocenters. The van der Waals surface area contributed by atoms with E-state index in [1.165, 1.54) is 6.26 Å². The molecule has 0 atom stereocenters. The molecule has 9 heteroatoms. The van der Waals surface area contributed by atoms with Crippen molar-refractivity contribution in [1.82, 2.24) is 19.6 Å². The second-order valence-electron chi connectivity index (χ2n) is 7.02. The maximum Gasteiger partial charge on any atom is 0.409 e. The first-order valence-electron chi connectivity index (χ1n) is 9.77. The number of furan rings is 1. The molecule has 2 saturated heterocycles. The van der Waals surface area contributed by atoms with E-state index in [1.54, 1.807) is 24.0 Å². The quantitative estimate of drug-likeness (QED) is 0.647. The van der Waals surface area contributed by atoms with Crippen LogP contribution in [0.4, 0.5) is 4.79 Å². The van der Waals surface area contributed by atoms with Crippen LogP contribution >= 0.6 is 0 Å². The van der Waals surface area contributed by atoms with E-state index in [9.17, 15) is 14.4 Å². The van der Waals surface area contributed by atoms with Crippen LogP contribution in [0.3, 0.4) is 0 Å². The van der Waals surface area contributed by atoms with Gasteiger partial charge in [0.25, 0.3) is 0 Å². The molecule has 0 radical (unpaired) electrons. The lowest BCUT2D eigenvalue weighted by Gasteiger charge is -2.37. The molecule has 1 aromatic rings. The van der Waals surface area contributed by atoms with Crippen LogP contribution in [0.2, 0.25) is 0 Å². The van der Waals surface area contributed by atoms with Gasteiger partial charge < -0.3 is 19.0 Å². The average molecular weight is 392 g/mol. The molecule has 0 aromatic carbocycles. The Hall–Kier alpha value is -2.39. The molecule has 1 aromatic heterocycles. The Labute approximate surface area is 164 Å². The molecule has 0 bridgehead atoms. The fraction of sp³-hybridized carbons (Fsp3) is 0.632. The number of hydrogen-bond donors (Lipinski definition) is 0. The molecular formula is C19H28N4O5. The SMILES string of the molecule is CCOC(=O)N1CCN(C(=O)CN2CCN(CC(=O)c3ccco3)CC2)CC1. The second-order valence-corrected chi connectivity index (χ2v) is 7.02. The lowest BCUT2D eigenvalue weighted by molar-refractivity contribution is -0.134. The Morgan fingerprint density at radius 2 is 1.54 bits per heavy atom. The van der Waals surface area contributed by atoms with Crippen LogP contribution in [-0.4, -0.2) is 109 Å². The van der Waals surface area contributed by atoms with Crippen molar-refractivity contribution in [3.05, 3.63) is 24.2 Å². The van der Waals surface area contributed by atoms with Gasteiger partial charge >= 0.3 is 6.09 Å². The Morgan fingerprint density at radius 1 is 0.929 bits per heavy atom. The molecule has 2 aliphatic rings. The van der Waals surface area contributed by atoms with Crippen LogP contribution in [0.5, 0.6) is 0 Å². The summed E-state index contributed by atoms with van der Waals surface area (Å²) in [6.45, 7) is 7.93. The second kappa shape index (κ2) is 9.70. The van der Waals surface area contributed by atoms with Crippen molar-refractivity contribution in [2.45, 2.75) is 6.92 Å². The van der Waals surface area contributed by atoms with Crippen molar-refractivity contribution >= 4 is 17.8 Å². The maximum absolute atomic E-state index is 12.6. The summed E-state index contributed by atoms with van der Waals surface area (Å²) in [6, 6.07) is 3.39. The van der Waals surface area contributed by atoms with Gasteiger partial charge in [-0.2, -0.15) is 0 Å². The summed E-state index contributed by atoms with van der Waals surface area (Å²) in [5, 5.41) is 0. The van der Waals surface area contributed by atoms with E-state index in [1.807, 2.05) is 4.90 Å². The number of piperazine rings is 2. The third-order valence-electron chi connectivity index (χ3n) is 5.15. The summed E-state index contributed by atoms with van der Waals surface area (Å²) in [5.74, 6) is 0.456. The van der Waals surface area contributed by atoms with Crippen molar-refractivity contribution < 1.29 is 23.5 Å². The Balaban J connectivity index is 1.36. The van der Waals surface area contributed by atoms with Gasteiger partial charge in [0.05, 0.1) is 26.0 Å². The van der Waals surface area contributed by atoms with Gasteiger partial charge in [-0.15, -0.1) is 0 Å². The van der Waals surface area contributed by atoms with Crippen LogP contribution < -0.4 is 0 Å². The molecule has 3 heterocycles. The van der Waals surface area contributed by atoms with Crippen LogP contribution in [0.15, 0.2) is 22.8 Å². The van der Waals surface area contributed by atoms with Gasteiger partial charge in [0.1, 0.15) is 0 Å². The van der Waals surface area contributed by atoms with Gasteiger partial charge in [-0.3, -0.25) is 19.4 Å². The molecule has 2 fully saturated rings. The van der Waals surface area contributed by atoms with E-state index in [0.29, 0.717) is 51.6 Å². The van der Waals surface area contributed by atoms with Crippen LogP contribution in [0, 0.1) is 0 Å². The van der Waals surface area contributed by atoms with Gasteiger partial charge in [-0.1, -0.05) is 0 Å². The van der Waals surface area contributed by atoms with E-state index >= 15 is 0 Å². The van der Waals surface area contributed by atoms with Crippen molar-refractivity contribution in [3.8, 4) is 0 Å². The molecule has 0 spiro atoms. The summed E-state index contributed by atoms with van der Waals surface area (Å²) in [7, 11) is 0. The molecule has 2 amide bonds. The first-order chi connectivity index (χ1) is 13.6. The number of carbonyl (C=O) groups excluding carboxylic acids is 3. The third kappa shape index (κ3) is 5.32. The van der Waals surface area contributed by atoms with Crippen molar-refractivity contribution in [2.75, 3.05) is 72.1 Å². The minimum absolute atomic E-state index is 0.0194. The van der Waals surface area contributed by atoms with Gasteiger partial charge in [0.2, 0.25) is 11.7 Å². The summed E-state index contributed by atoms with van der Waals surface area (Å²) in [6.07, 6.45) is 1.19. The van der Waals surface area contributed by atoms with Crippen LogP contribution in [0.25, 0.3) is 0 Å². The number of hydrogen-bond acceptors (Lipinski definition) is 7. The molecule has 9 nitrogen and oxygen atoms in total. The topological polar surface area (TPSA) is 86.5 Å². The molecule has 0 saturated carbocycles. The molecule has 2 aliphatic heterocycles. The number of nitrogens with zero attached hydrogens (tertiary/aromatic N) is 4. The van der Waals surface area contributed by atoms with Gasteiger partial charge in [0, 0.05) is 52.4 Å². The number of amides is 2. The normalized spacial score (nSPS) is 18.9. The highest BCUT2D eigenvalue weighted by molar-refractivity contribution is 5.95. The van der Waals surface area contributed by atoms with Crippen LogP contribution in [0.1, 0.15) is 17.5 Å². The standard InChI is InChI=1S/C19H28N4O5/c1-2-27-19(26)23-11-9-22(10-12-23)18(25)15-21-7-5-20(6-8-21)14-16(24)17-4-3-13-28-17/h3-4,13H,2,5-12,14-15H2,1H3. The molecular weight excluding hydrogens is 364 g/mol. The summed E-state index contributed by atoms with van der Waals surface area (Å²) < 4.78 is 10.1. The summed E-state index contributed by atoms with van der Waals surface area (Å²) in [4.78, 5) is 44.0. The van der Waals surface area contributed by atoms with E-state index in [-0.39, 0.29) is 17.8 Å². The third-order valence-corrected chi connectivity index (χ3v) is 5.15. The van der Waals surface area contributed by atoms with E-state index in [0.717, 1.165) is 26.2 Å². The van der Waals surface area contributed by atoms with Crippen molar-refractivity contribution in [1.29, 1.82) is 0 Å². The number of carbonyl (C=O) groups is 3. The van der Waals surface area contributed by atoms with Gasteiger partial charge in [-0.25, -0.2) is 4.79 Å². The predicted molar refractivity (Wildman–Crippen MR) is 101 cm³/mol. The smallest absolute Gasteiger partial charge is 0.409 e. The maximum atomic E-state index is 12.6. The highest BCUT2D eigenvalue weighted by atomic mass is 16.6. The minimum atomic E-state index is -0.310. The zero-order valence-electron chi connectivity index (χ0n) is 16.3. The fourth-order valence-electron chi connectivity index (χ4n) is 3.47. The van der Waals surface area contributed by atoms with E-state index < -0.39 is 0 Å². The zero-order chi connectivity index (χ0) is 19.9. The highest BCUT2D eigenvalue weighted by Gasteiger charge is 2.27. The largest absolute Gasteiger partial charge is 0.461 e. The van der Waals surface area contributed by atoms with Crippen molar-refractivity contribution in [3.63, 3.8) is 0 Å². The number of rotatable bonds is 6. The summed E-state index contributed by atoms with van der Waals surface area (Å²) >= 11 is 0. The number of Topliss-reactive ketones (excluding diaryl/α,β-unsaturated/α-hetero) is 1. The monoisotopic (exact) mass is 392 g/mol. The first kappa shape index (κ1) is 20.3. The molecule has 3 rings (SSSR count). The number of ketones is 1. The van der Waals surface area contributed by atoms with Gasteiger partial charge in [0.15, 0.2) is 5.76 Å². The molecule has 154 valence electrons. The highest BCUT2D eigenvalue weighted by Crippen LogP contribution is 2.09. The zero-order valence-corrected chi connectivity index (χ0v) is 16.3. The Bertz CT molecular complexity index is 662. The minimum Gasteiger partial charge on any atom is -0.461 e. The molecule has 0 N–H and O–H groups in total. The average Bonchev–Trinajstić information content (AvgIpc) is 3.25. The van der Waals surface area contributed by atoms with E-state index in [2.05, 4.69) is 9.80 Å². The molecule has 28 heavy (non-hydrogen) atoms. The lowest BCUT2D eigenvalue weighted by Crippen LogP contribution is -2.55. The summed E-state index contributed by atoms with van der Waals surface area (Å²) in [5.41, 5.74) is 0. The van der Waals surface area contributed by atoms with E-state index in [4.69, 9.17) is 9.15 Å². The Morgan fingerprint density at radius 3 is 2.11 bits per heavy atom. The Kier molecular flexibility index (Phi) is 7.05. The predicted octanol–water partition coefficient (Wildman–Crippen LogP) is 0.381. The number of ether oxygens (including phenoxy) is 1. The van der Waals surface area contributed by atoms with Gasteiger partial charge in [-0.05, 0) is 19.1 Å². The van der Waals surface area contributed by atoms with Crippen molar-refractivity contribution in [2.24, 2.45) is 0 Å². The lowest BCUT2D eigenvalue weighted by atomic mass is 10.2. The van der Waals surface area contributed by atoms with Crippen LogP contribution in [-0.2, 0) is 9.53 Å². The fourth-order valence-corrected chi connectivity index (χ4v) is 3.47. The first-order valence-corrected chi connectivity index (χ1v) is 9.77.